The lowest BCUT2D eigenvalue weighted by molar-refractivity contribution is 0.0506. The van der Waals surface area contributed by atoms with Gasteiger partial charge in [0.05, 0.1) is 13.2 Å². The lowest BCUT2D eigenvalue weighted by Gasteiger charge is -2.41. The number of hydrogen-bond acceptors (Lipinski definition) is 5. The van der Waals surface area contributed by atoms with Crippen molar-refractivity contribution in [3.05, 3.63) is 0 Å². The van der Waals surface area contributed by atoms with E-state index in [9.17, 15) is 4.79 Å². The monoisotopic (exact) mass is 285 g/mol. The minimum Gasteiger partial charge on any atom is -0.409 e. The molecule has 8 heteroatoms. The quantitative estimate of drug-likeness (QED) is 0.268. The highest BCUT2D eigenvalue weighted by molar-refractivity contribution is 5.93. The number of nitrogens with two attached hydrogens (primary N) is 1. The van der Waals surface area contributed by atoms with E-state index >= 15 is 0 Å². The molecule has 4 N–H and O–H groups in total. The Labute approximate surface area is 118 Å². The number of nitrogens with zero attached hydrogens (tertiary/aromatic N) is 3. The van der Waals surface area contributed by atoms with Crippen LogP contribution in [0.5, 0.6) is 0 Å². The Morgan fingerprint density at radius 2 is 1.90 bits per heavy atom. The maximum Gasteiger partial charge on any atom is 0.318 e. The van der Waals surface area contributed by atoms with Crippen molar-refractivity contribution in [3.63, 3.8) is 0 Å². The third-order valence-corrected chi connectivity index (χ3v) is 4.08. The van der Waals surface area contributed by atoms with Crippen molar-refractivity contribution in [2.75, 3.05) is 46.4 Å². The number of hydrogen-bond donors (Lipinski definition) is 3. The van der Waals surface area contributed by atoms with Crippen LogP contribution in [0, 0.1) is 0 Å². The molecule has 2 saturated heterocycles. The maximum atomic E-state index is 12.3. The molecule has 0 unspecified atom stereocenters. The van der Waals surface area contributed by atoms with Gasteiger partial charge in [0.15, 0.2) is 5.84 Å². The third-order valence-electron chi connectivity index (χ3n) is 4.08. The van der Waals surface area contributed by atoms with E-state index in [1.54, 1.807) is 4.90 Å². The number of rotatable bonds is 2. The predicted octanol–water partition coefficient (Wildman–Crippen LogP) is -0.761. The van der Waals surface area contributed by atoms with Gasteiger partial charge < -0.3 is 30.8 Å². The Morgan fingerprint density at radius 3 is 2.45 bits per heavy atom. The predicted molar refractivity (Wildman–Crippen MR) is 73.8 cm³/mol. The molecule has 0 bridgehead atoms. The average molecular weight is 285 g/mol. The van der Waals surface area contributed by atoms with Gasteiger partial charge in [0.1, 0.15) is 5.54 Å². The lowest BCUT2D eigenvalue weighted by atomic mass is 9.86. The topological polar surface area (TPSA) is 103 Å². The number of likely N-dealkylation sites (tertiary alicyclic amines) is 1. The first-order valence-electron chi connectivity index (χ1n) is 6.89. The Hall–Kier alpha value is -1.54. The molecule has 0 aromatic carbocycles. The Morgan fingerprint density at radius 1 is 1.30 bits per heavy atom. The highest BCUT2D eigenvalue weighted by Crippen LogP contribution is 2.22. The summed E-state index contributed by atoms with van der Waals surface area (Å²) in [5, 5.41) is 15.1. The van der Waals surface area contributed by atoms with Gasteiger partial charge in [-0.1, -0.05) is 5.16 Å². The van der Waals surface area contributed by atoms with Crippen molar-refractivity contribution in [1.29, 1.82) is 0 Å². The van der Waals surface area contributed by atoms with Crippen molar-refractivity contribution in [3.8, 4) is 0 Å². The summed E-state index contributed by atoms with van der Waals surface area (Å²) in [4.78, 5) is 16.2. The molecule has 0 saturated carbocycles. The van der Waals surface area contributed by atoms with Crippen molar-refractivity contribution >= 4 is 11.9 Å². The molecule has 2 fully saturated rings. The molecule has 0 aromatic rings. The number of urea groups is 1. The number of amides is 2. The van der Waals surface area contributed by atoms with E-state index in [-0.39, 0.29) is 11.9 Å². The molecule has 0 radical (unpaired) electrons. The van der Waals surface area contributed by atoms with Crippen LogP contribution in [-0.2, 0) is 4.74 Å². The summed E-state index contributed by atoms with van der Waals surface area (Å²) in [5.74, 6) is 0.0761. The molecular weight excluding hydrogens is 262 g/mol. The van der Waals surface area contributed by atoms with Crippen LogP contribution in [0.2, 0.25) is 0 Å². The summed E-state index contributed by atoms with van der Waals surface area (Å²) in [6, 6.07) is -0.176. The molecule has 0 spiro atoms. The van der Waals surface area contributed by atoms with Gasteiger partial charge in [-0.2, -0.15) is 0 Å². The normalized spacial score (nSPS) is 24.4. The van der Waals surface area contributed by atoms with Gasteiger partial charge in [-0.25, -0.2) is 4.79 Å². The van der Waals surface area contributed by atoms with Crippen LogP contribution in [0.3, 0.4) is 0 Å². The van der Waals surface area contributed by atoms with Crippen LogP contribution in [0.4, 0.5) is 4.79 Å². The third kappa shape index (κ3) is 3.13. The fourth-order valence-corrected chi connectivity index (χ4v) is 2.59. The molecule has 114 valence electrons. The van der Waals surface area contributed by atoms with Gasteiger partial charge >= 0.3 is 6.03 Å². The van der Waals surface area contributed by atoms with Crippen LogP contribution >= 0.6 is 0 Å². The SMILES string of the molecule is CN1CCC(NC(=O)N2CCOCC2)(C(N)=NO)CC1. The molecule has 2 rings (SSSR count). The number of piperidine rings is 1. The van der Waals surface area contributed by atoms with Gasteiger partial charge in [0, 0.05) is 26.2 Å². The van der Waals surface area contributed by atoms with E-state index in [1.165, 1.54) is 0 Å². The number of nitrogens with one attached hydrogen (secondary N) is 1. The standard InChI is InChI=1S/C12H23N5O3/c1-16-4-2-12(3-5-16,10(13)15-19)14-11(18)17-6-8-20-9-7-17/h19H,2-9H2,1H3,(H2,13,15)(H,14,18). The summed E-state index contributed by atoms with van der Waals surface area (Å²) < 4.78 is 5.23. The van der Waals surface area contributed by atoms with Crippen molar-refractivity contribution in [2.24, 2.45) is 10.9 Å². The number of ether oxygens (including phenoxy) is 1. The summed E-state index contributed by atoms with van der Waals surface area (Å²) in [5.41, 5.74) is 5.08. The first-order valence-corrected chi connectivity index (χ1v) is 6.89. The van der Waals surface area contributed by atoms with E-state index in [0.717, 1.165) is 13.1 Å². The van der Waals surface area contributed by atoms with Crippen LogP contribution in [0.15, 0.2) is 5.16 Å². The van der Waals surface area contributed by atoms with E-state index < -0.39 is 5.54 Å². The van der Waals surface area contributed by atoms with E-state index in [0.29, 0.717) is 39.1 Å². The minimum absolute atomic E-state index is 0.0761. The first-order chi connectivity index (χ1) is 9.57. The zero-order valence-electron chi connectivity index (χ0n) is 11.8. The first kappa shape index (κ1) is 14.9. The molecule has 2 heterocycles. The van der Waals surface area contributed by atoms with Gasteiger partial charge in [0.25, 0.3) is 0 Å². The van der Waals surface area contributed by atoms with Gasteiger partial charge in [-0.3, -0.25) is 0 Å². The largest absolute Gasteiger partial charge is 0.409 e. The van der Waals surface area contributed by atoms with Gasteiger partial charge in [-0.15, -0.1) is 0 Å². The summed E-state index contributed by atoms with van der Waals surface area (Å²) >= 11 is 0. The Bertz CT molecular complexity index is 373. The van der Waals surface area contributed by atoms with Gasteiger partial charge in [0.2, 0.25) is 0 Å². The van der Waals surface area contributed by atoms with Crippen LogP contribution in [-0.4, -0.2) is 78.9 Å². The van der Waals surface area contributed by atoms with Crippen LogP contribution in [0.25, 0.3) is 0 Å². The average Bonchev–Trinajstić information content (AvgIpc) is 2.49. The van der Waals surface area contributed by atoms with Gasteiger partial charge in [-0.05, 0) is 19.9 Å². The molecule has 2 amide bonds. The Kier molecular flexibility index (Phi) is 4.66. The summed E-state index contributed by atoms with van der Waals surface area (Å²) in [6.07, 6.45) is 1.27. The fraction of sp³-hybridized carbons (Fsp3) is 0.833. The lowest BCUT2D eigenvalue weighted by Crippen LogP contribution is -2.64. The van der Waals surface area contributed by atoms with Crippen molar-refractivity contribution in [2.45, 2.75) is 18.4 Å². The smallest absolute Gasteiger partial charge is 0.318 e. The zero-order valence-corrected chi connectivity index (χ0v) is 11.8. The number of amidine groups is 1. The molecule has 0 aromatic heterocycles. The fourth-order valence-electron chi connectivity index (χ4n) is 2.59. The second-order valence-corrected chi connectivity index (χ2v) is 5.40. The number of carbonyl (C=O) groups is 1. The second-order valence-electron chi connectivity index (χ2n) is 5.40. The number of oxime groups is 1. The molecule has 0 aliphatic carbocycles. The summed E-state index contributed by atoms with van der Waals surface area (Å²) in [6.45, 7) is 3.81. The second kappa shape index (κ2) is 6.27. The van der Waals surface area contributed by atoms with Crippen molar-refractivity contribution in [1.82, 2.24) is 15.1 Å². The molecule has 2 aliphatic heterocycles. The van der Waals surface area contributed by atoms with Crippen molar-refractivity contribution < 1.29 is 14.7 Å². The number of morpholine rings is 1. The molecule has 0 atom stereocenters. The molecule has 8 nitrogen and oxygen atoms in total. The minimum atomic E-state index is -0.753. The van der Waals surface area contributed by atoms with Crippen LogP contribution < -0.4 is 11.1 Å². The van der Waals surface area contributed by atoms with E-state index in [1.807, 2.05) is 7.05 Å². The zero-order chi connectivity index (χ0) is 14.6. The van der Waals surface area contributed by atoms with E-state index in [4.69, 9.17) is 15.7 Å². The molecule has 20 heavy (non-hydrogen) atoms. The Balaban J connectivity index is 2.06. The highest BCUT2D eigenvalue weighted by Gasteiger charge is 2.40. The molecular formula is C12H23N5O3. The number of carbonyl (C=O) groups excluding carboxylic acids is 1. The summed E-state index contributed by atoms with van der Waals surface area (Å²) in [7, 11) is 2.01. The maximum absolute atomic E-state index is 12.3. The van der Waals surface area contributed by atoms with Crippen LogP contribution in [0.1, 0.15) is 12.8 Å². The van der Waals surface area contributed by atoms with E-state index in [2.05, 4.69) is 15.4 Å². The molecule has 2 aliphatic rings. The highest BCUT2D eigenvalue weighted by atomic mass is 16.5.